The van der Waals surface area contributed by atoms with Gasteiger partial charge in [-0.15, -0.1) is 0 Å². The van der Waals surface area contributed by atoms with E-state index in [1.807, 2.05) is 35.2 Å². The minimum Gasteiger partial charge on any atom is -0.490 e. The van der Waals surface area contributed by atoms with Crippen molar-refractivity contribution in [1.82, 2.24) is 4.90 Å². The van der Waals surface area contributed by atoms with E-state index in [9.17, 15) is 13.2 Å². The lowest BCUT2D eigenvalue weighted by Gasteiger charge is -2.39. The van der Waals surface area contributed by atoms with Gasteiger partial charge in [-0.1, -0.05) is 43.5 Å². The topological polar surface area (TPSA) is 150 Å². The SMILES string of the molecule is CCOC(=O)C1(S(=O)(=O)N(Cc2ccc3ccc(C(=N)N)cc3c2)c2ccc(OC3CCN(C(C)=N)CC3)cc2)CCCCC1. The number of benzene rings is 3. The Morgan fingerprint density at radius 3 is 2.27 bits per heavy atom. The van der Waals surface area contributed by atoms with Crippen LogP contribution in [0.15, 0.2) is 60.7 Å². The van der Waals surface area contributed by atoms with E-state index in [2.05, 4.69) is 0 Å². The Kier molecular flexibility index (Phi) is 9.67. The average molecular weight is 634 g/mol. The third-order valence-corrected chi connectivity index (χ3v) is 11.5. The van der Waals surface area contributed by atoms with E-state index in [0.717, 1.165) is 48.7 Å². The number of rotatable bonds is 10. The molecule has 0 amide bonds. The van der Waals surface area contributed by atoms with Crippen molar-refractivity contribution in [2.75, 3.05) is 24.0 Å². The van der Waals surface area contributed by atoms with E-state index in [1.165, 1.54) is 4.31 Å². The normalized spacial score (nSPS) is 17.1. The van der Waals surface area contributed by atoms with Crippen LogP contribution in [0.3, 0.4) is 0 Å². The summed E-state index contributed by atoms with van der Waals surface area (Å²) in [6.07, 6.45) is 4.14. The molecule has 4 N–H and O–H groups in total. The molecule has 0 aromatic heterocycles. The number of piperidine rings is 1. The maximum absolute atomic E-state index is 14.8. The van der Waals surface area contributed by atoms with Gasteiger partial charge in [0.25, 0.3) is 10.0 Å². The van der Waals surface area contributed by atoms with Gasteiger partial charge in [0.1, 0.15) is 17.7 Å². The number of nitrogens with zero attached hydrogens (tertiary/aromatic N) is 2. The van der Waals surface area contributed by atoms with E-state index in [-0.39, 0.29) is 37.9 Å². The number of amidine groups is 2. The number of nitrogens with one attached hydrogen (secondary N) is 2. The highest BCUT2D eigenvalue weighted by molar-refractivity contribution is 7.94. The van der Waals surface area contributed by atoms with Gasteiger partial charge in [0.05, 0.1) is 24.7 Å². The van der Waals surface area contributed by atoms with Crippen LogP contribution in [0, 0.1) is 10.8 Å². The Morgan fingerprint density at radius 2 is 1.64 bits per heavy atom. The quantitative estimate of drug-likeness (QED) is 0.150. The number of nitrogens with two attached hydrogens (primary N) is 1. The fourth-order valence-corrected chi connectivity index (χ4v) is 8.61. The number of likely N-dealkylation sites (tertiary alicyclic amines) is 1. The Labute approximate surface area is 265 Å². The monoisotopic (exact) mass is 633 g/mol. The minimum atomic E-state index is -4.25. The highest BCUT2D eigenvalue weighted by Crippen LogP contribution is 2.41. The lowest BCUT2D eigenvalue weighted by Crippen LogP contribution is -2.55. The maximum atomic E-state index is 14.8. The molecule has 240 valence electrons. The zero-order valence-corrected chi connectivity index (χ0v) is 26.9. The smallest absolute Gasteiger partial charge is 0.329 e. The van der Waals surface area contributed by atoms with Gasteiger partial charge in [0.2, 0.25) is 0 Å². The van der Waals surface area contributed by atoms with E-state index in [4.69, 9.17) is 26.0 Å². The molecule has 2 aliphatic rings. The fraction of sp³-hybridized carbons (Fsp3) is 0.441. The van der Waals surface area contributed by atoms with Gasteiger partial charge in [-0.2, -0.15) is 0 Å². The van der Waals surface area contributed by atoms with Gasteiger partial charge in [-0.3, -0.25) is 19.9 Å². The zero-order valence-electron chi connectivity index (χ0n) is 26.1. The van der Waals surface area contributed by atoms with Crippen molar-refractivity contribution in [1.29, 1.82) is 10.8 Å². The molecule has 1 aliphatic heterocycles. The summed E-state index contributed by atoms with van der Waals surface area (Å²) in [6.45, 7) is 5.12. The van der Waals surface area contributed by atoms with Crippen LogP contribution in [-0.4, -0.2) is 61.5 Å². The number of carbonyl (C=O) groups excluding carboxylic acids is 1. The van der Waals surface area contributed by atoms with Gasteiger partial charge >= 0.3 is 5.97 Å². The number of carbonyl (C=O) groups is 1. The molecule has 2 fully saturated rings. The number of fused-ring (bicyclic) bond motifs is 1. The lowest BCUT2D eigenvalue weighted by molar-refractivity contribution is -0.147. The van der Waals surface area contributed by atoms with Crippen LogP contribution in [0.2, 0.25) is 0 Å². The second-order valence-electron chi connectivity index (χ2n) is 12.0. The lowest BCUT2D eigenvalue weighted by atomic mass is 9.88. The molecule has 1 heterocycles. The fourth-order valence-electron chi connectivity index (χ4n) is 6.40. The number of anilines is 1. The predicted molar refractivity (Wildman–Crippen MR) is 178 cm³/mol. The first-order valence-electron chi connectivity index (χ1n) is 15.7. The predicted octanol–water partition coefficient (Wildman–Crippen LogP) is 5.57. The summed E-state index contributed by atoms with van der Waals surface area (Å²) in [4.78, 5) is 15.5. The van der Waals surface area contributed by atoms with E-state index in [0.29, 0.717) is 35.7 Å². The largest absolute Gasteiger partial charge is 0.490 e. The van der Waals surface area contributed by atoms with Gasteiger partial charge in [-0.05, 0) is 79.4 Å². The molecule has 45 heavy (non-hydrogen) atoms. The highest BCUT2D eigenvalue weighted by atomic mass is 32.2. The summed E-state index contributed by atoms with van der Waals surface area (Å²) in [7, 11) is -4.25. The summed E-state index contributed by atoms with van der Waals surface area (Å²) in [5.74, 6) is 0.466. The van der Waals surface area contributed by atoms with Crippen molar-refractivity contribution in [3.63, 3.8) is 0 Å². The number of hydrogen-bond acceptors (Lipinski definition) is 7. The van der Waals surface area contributed by atoms with Crippen LogP contribution >= 0.6 is 0 Å². The molecular weight excluding hydrogens is 590 g/mol. The van der Waals surface area contributed by atoms with Gasteiger partial charge in [0, 0.05) is 31.5 Å². The van der Waals surface area contributed by atoms with Crippen molar-refractivity contribution in [3.05, 3.63) is 71.8 Å². The first kappa shape index (κ1) is 32.3. The molecular formula is C34H43N5O5S. The third kappa shape index (κ3) is 6.78. The number of nitrogen functional groups attached to an aromatic ring is 1. The summed E-state index contributed by atoms with van der Waals surface area (Å²) in [5.41, 5.74) is 7.48. The molecule has 1 saturated carbocycles. The number of sulfonamides is 1. The van der Waals surface area contributed by atoms with Crippen LogP contribution in [0.1, 0.15) is 69.9 Å². The summed E-state index contributed by atoms with van der Waals surface area (Å²) in [6, 6.07) is 18.2. The van der Waals surface area contributed by atoms with Crippen LogP contribution in [0.4, 0.5) is 5.69 Å². The second-order valence-corrected chi connectivity index (χ2v) is 14.2. The molecule has 10 nitrogen and oxygen atoms in total. The highest BCUT2D eigenvalue weighted by Gasteiger charge is 2.55. The molecule has 0 unspecified atom stereocenters. The third-order valence-electron chi connectivity index (χ3n) is 8.98. The van der Waals surface area contributed by atoms with E-state index in [1.54, 1.807) is 44.2 Å². The molecule has 5 rings (SSSR count). The standard InChI is InChI=1S/C34H43N5O5S/c1-3-43-33(40)34(17-5-4-6-18-34)45(41,42)39(23-25-7-8-26-9-10-27(32(36)37)22-28(26)21-25)29-11-13-30(14-12-29)44-31-15-19-38(20-16-31)24(2)35/h7-14,21-22,31,35H,3-6,15-20,23H2,1-2H3,(H3,36,37). The van der Waals surface area contributed by atoms with Gasteiger partial charge in [0.15, 0.2) is 4.75 Å². The minimum absolute atomic E-state index is 0.00532. The molecule has 3 aromatic rings. The van der Waals surface area contributed by atoms with Crippen LogP contribution in [0.5, 0.6) is 5.75 Å². The van der Waals surface area contributed by atoms with Crippen LogP contribution in [0.25, 0.3) is 10.8 Å². The number of esters is 1. The Balaban J connectivity index is 1.49. The van der Waals surface area contributed by atoms with Crippen molar-refractivity contribution < 1.29 is 22.7 Å². The van der Waals surface area contributed by atoms with Crippen molar-refractivity contribution in [2.24, 2.45) is 5.73 Å². The van der Waals surface area contributed by atoms with Crippen LogP contribution < -0.4 is 14.8 Å². The zero-order chi connectivity index (χ0) is 32.2. The number of hydrogen-bond donors (Lipinski definition) is 3. The molecule has 1 aliphatic carbocycles. The Morgan fingerprint density at radius 1 is 0.978 bits per heavy atom. The number of ether oxygens (including phenoxy) is 2. The van der Waals surface area contributed by atoms with Gasteiger partial charge < -0.3 is 20.1 Å². The van der Waals surface area contributed by atoms with Gasteiger partial charge in [-0.25, -0.2) is 8.42 Å². The molecule has 3 aromatic carbocycles. The molecule has 0 radical (unpaired) electrons. The van der Waals surface area contributed by atoms with Crippen LogP contribution in [-0.2, 0) is 26.1 Å². The van der Waals surface area contributed by atoms with E-state index >= 15 is 0 Å². The molecule has 1 saturated heterocycles. The van der Waals surface area contributed by atoms with Crippen molar-refractivity contribution in [2.45, 2.75) is 76.2 Å². The summed E-state index contributed by atoms with van der Waals surface area (Å²) < 4.78 is 40.8. The average Bonchev–Trinajstić information content (AvgIpc) is 3.04. The molecule has 0 bridgehead atoms. The Hall–Kier alpha value is -4.12. The van der Waals surface area contributed by atoms with Crippen molar-refractivity contribution in [3.8, 4) is 5.75 Å². The maximum Gasteiger partial charge on any atom is 0.329 e. The first-order valence-corrected chi connectivity index (χ1v) is 17.1. The summed E-state index contributed by atoms with van der Waals surface area (Å²) >= 11 is 0. The molecule has 0 atom stereocenters. The second kappa shape index (κ2) is 13.5. The summed E-state index contributed by atoms with van der Waals surface area (Å²) in [5, 5.41) is 17.5. The molecule has 11 heteroatoms. The molecule has 0 spiro atoms. The van der Waals surface area contributed by atoms with Crippen molar-refractivity contribution >= 4 is 44.1 Å². The Bertz CT molecular complexity index is 1660. The van der Waals surface area contributed by atoms with E-state index < -0.39 is 20.7 Å². The first-order chi connectivity index (χ1) is 21.5.